The van der Waals surface area contributed by atoms with Crippen LogP contribution in [0.15, 0.2) is 28.8 Å². The van der Waals surface area contributed by atoms with Crippen LogP contribution < -0.4 is 4.74 Å². The van der Waals surface area contributed by atoms with Crippen LogP contribution in [0.5, 0.6) is 5.75 Å². The molecule has 1 aliphatic rings. The molecule has 11 heteroatoms. The summed E-state index contributed by atoms with van der Waals surface area (Å²) in [4.78, 5) is 32.3. The van der Waals surface area contributed by atoms with Crippen molar-refractivity contribution in [1.29, 1.82) is 0 Å². The molecule has 0 spiro atoms. The van der Waals surface area contributed by atoms with E-state index in [1.807, 2.05) is 0 Å². The molecular formula is C18H20F2N4O4S. The normalized spacial score (nSPS) is 14.3. The first-order valence-corrected chi connectivity index (χ1v) is 10.1. The largest absolute Gasteiger partial charge is 0.434 e. The molecule has 2 heterocycles. The number of carbonyl (C=O) groups is 2. The molecule has 0 radical (unpaired) electrons. The van der Waals surface area contributed by atoms with E-state index in [9.17, 15) is 18.4 Å². The van der Waals surface area contributed by atoms with E-state index in [-0.39, 0.29) is 23.0 Å². The first-order valence-electron chi connectivity index (χ1n) is 8.92. The Kier molecular flexibility index (Phi) is 7.02. The first-order chi connectivity index (χ1) is 13.9. The van der Waals surface area contributed by atoms with E-state index in [1.165, 1.54) is 34.9 Å². The van der Waals surface area contributed by atoms with Crippen LogP contribution in [0, 0.1) is 6.92 Å². The molecule has 2 amide bonds. The number of para-hydroxylation sites is 1. The summed E-state index contributed by atoms with van der Waals surface area (Å²) in [5, 5.41) is 3.78. The summed E-state index contributed by atoms with van der Waals surface area (Å²) in [6.07, 6.45) is 0. The van der Waals surface area contributed by atoms with Gasteiger partial charge in [0.25, 0.3) is 5.91 Å². The van der Waals surface area contributed by atoms with Crippen LogP contribution in [0.1, 0.15) is 22.1 Å². The van der Waals surface area contributed by atoms with E-state index in [1.54, 1.807) is 17.9 Å². The maximum Gasteiger partial charge on any atom is 0.387 e. The van der Waals surface area contributed by atoms with Crippen molar-refractivity contribution in [3.8, 4) is 5.75 Å². The molecule has 0 bridgehead atoms. The highest BCUT2D eigenvalue weighted by Gasteiger charge is 2.26. The van der Waals surface area contributed by atoms with Gasteiger partial charge in [-0.05, 0) is 12.1 Å². The number of alkyl halides is 2. The number of thioether (sulfide) groups is 1. The van der Waals surface area contributed by atoms with E-state index < -0.39 is 12.5 Å². The summed E-state index contributed by atoms with van der Waals surface area (Å²) in [6, 6.07) is 5.90. The smallest absolute Gasteiger partial charge is 0.387 e. The molecule has 0 saturated carbocycles. The second kappa shape index (κ2) is 9.68. The summed E-state index contributed by atoms with van der Waals surface area (Å²) in [7, 11) is 0. The number of nitrogens with zero attached hydrogens (tertiary/aromatic N) is 4. The van der Waals surface area contributed by atoms with Crippen LogP contribution in [-0.4, -0.2) is 70.3 Å². The molecule has 29 heavy (non-hydrogen) atoms. The Hall–Kier alpha value is -2.69. The molecule has 2 aromatic rings. The van der Waals surface area contributed by atoms with Gasteiger partial charge in [0.2, 0.25) is 11.8 Å². The standard InChI is InChI=1S/C18H20F2N4O4S/c1-12-21-15(22-28-12)10-29-11-16(25)23-6-8-24(9-7-23)17(26)13-4-2-3-5-14(13)27-18(19)20/h2-5,18H,6-11H2,1H3. The van der Waals surface area contributed by atoms with Gasteiger partial charge >= 0.3 is 6.61 Å². The lowest BCUT2D eigenvalue weighted by Gasteiger charge is -2.35. The monoisotopic (exact) mass is 426 g/mol. The fourth-order valence-corrected chi connectivity index (χ4v) is 3.65. The highest BCUT2D eigenvalue weighted by Crippen LogP contribution is 2.22. The SMILES string of the molecule is Cc1nc(CSCC(=O)N2CCN(C(=O)c3ccccc3OC(F)F)CC2)no1. The Morgan fingerprint density at radius 2 is 1.90 bits per heavy atom. The number of ether oxygens (including phenoxy) is 1. The van der Waals surface area contributed by atoms with Gasteiger partial charge < -0.3 is 19.1 Å². The second-order valence-corrected chi connectivity index (χ2v) is 7.26. The molecule has 0 N–H and O–H groups in total. The third-order valence-corrected chi connectivity index (χ3v) is 5.19. The van der Waals surface area contributed by atoms with Crippen molar-refractivity contribution in [2.45, 2.75) is 19.3 Å². The van der Waals surface area contributed by atoms with Crippen LogP contribution in [0.4, 0.5) is 8.78 Å². The van der Waals surface area contributed by atoms with Gasteiger partial charge in [-0.15, -0.1) is 11.8 Å². The maximum absolute atomic E-state index is 12.7. The van der Waals surface area contributed by atoms with Gasteiger partial charge in [-0.2, -0.15) is 13.8 Å². The Morgan fingerprint density at radius 3 is 2.55 bits per heavy atom. The van der Waals surface area contributed by atoms with Gasteiger partial charge in [0.05, 0.1) is 17.1 Å². The van der Waals surface area contributed by atoms with E-state index in [0.29, 0.717) is 43.6 Å². The van der Waals surface area contributed by atoms with E-state index in [4.69, 9.17) is 4.52 Å². The number of piperazine rings is 1. The number of carbonyl (C=O) groups excluding carboxylic acids is 2. The number of benzene rings is 1. The number of rotatable bonds is 7. The predicted molar refractivity (Wildman–Crippen MR) is 101 cm³/mol. The van der Waals surface area contributed by atoms with Gasteiger partial charge in [0.15, 0.2) is 5.82 Å². The zero-order valence-electron chi connectivity index (χ0n) is 15.7. The Bertz CT molecular complexity index is 856. The second-order valence-electron chi connectivity index (χ2n) is 6.27. The van der Waals surface area contributed by atoms with Gasteiger partial charge in [0, 0.05) is 33.1 Å². The zero-order chi connectivity index (χ0) is 20.8. The Labute approximate surface area is 170 Å². The fourth-order valence-electron chi connectivity index (χ4n) is 2.89. The van der Waals surface area contributed by atoms with Crippen molar-refractivity contribution in [1.82, 2.24) is 19.9 Å². The molecule has 8 nitrogen and oxygen atoms in total. The molecule has 1 fully saturated rings. The topological polar surface area (TPSA) is 88.8 Å². The number of halogens is 2. The lowest BCUT2D eigenvalue weighted by atomic mass is 10.1. The van der Waals surface area contributed by atoms with Crippen molar-refractivity contribution in [2.75, 3.05) is 31.9 Å². The highest BCUT2D eigenvalue weighted by atomic mass is 32.2. The number of hydrogen-bond acceptors (Lipinski definition) is 7. The molecule has 1 aliphatic heterocycles. The predicted octanol–water partition coefficient (Wildman–Crippen LogP) is 2.20. The summed E-state index contributed by atoms with van der Waals surface area (Å²) >= 11 is 1.39. The van der Waals surface area contributed by atoms with Crippen molar-refractivity contribution < 1.29 is 27.6 Å². The van der Waals surface area contributed by atoms with Gasteiger partial charge in [-0.3, -0.25) is 9.59 Å². The number of hydrogen-bond donors (Lipinski definition) is 0. The van der Waals surface area contributed by atoms with Crippen molar-refractivity contribution in [2.24, 2.45) is 0 Å². The van der Waals surface area contributed by atoms with Crippen LogP contribution in [-0.2, 0) is 10.5 Å². The highest BCUT2D eigenvalue weighted by molar-refractivity contribution is 7.99. The minimum atomic E-state index is -3.01. The summed E-state index contributed by atoms with van der Waals surface area (Å²) in [6.45, 7) is 0.0944. The van der Waals surface area contributed by atoms with Crippen LogP contribution in [0.2, 0.25) is 0 Å². The van der Waals surface area contributed by atoms with Gasteiger partial charge in [0.1, 0.15) is 5.75 Å². The Morgan fingerprint density at radius 1 is 1.21 bits per heavy atom. The zero-order valence-corrected chi connectivity index (χ0v) is 16.5. The van der Waals surface area contributed by atoms with Crippen LogP contribution in [0.3, 0.4) is 0 Å². The quantitative estimate of drug-likeness (QED) is 0.671. The minimum Gasteiger partial charge on any atom is -0.434 e. The van der Waals surface area contributed by atoms with E-state index in [2.05, 4.69) is 14.9 Å². The maximum atomic E-state index is 12.7. The van der Waals surface area contributed by atoms with Crippen molar-refractivity contribution in [3.05, 3.63) is 41.5 Å². The molecule has 1 aromatic heterocycles. The first kappa shape index (κ1) is 21.0. The molecule has 0 aliphatic carbocycles. The summed E-state index contributed by atoms with van der Waals surface area (Å²) < 4.78 is 34.4. The fraction of sp³-hybridized carbons (Fsp3) is 0.444. The number of amides is 2. The van der Waals surface area contributed by atoms with E-state index >= 15 is 0 Å². The number of aryl methyl sites for hydroxylation is 1. The van der Waals surface area contributed by atoms with E-state index in [0.717, 1.165) is 0 Å². The molecule has 0 unspecified atom stereocenters. The minimum absolute atomic E-state index is 0.0382. The molecule has 1 aromatic carbocycles. The number of aromatic nitrogens is 2. The van der Waals surface area contributed by atoms with Crippen LogP contribution >= 0.6 is 11.8 Å². The lowest BCUT2D eigenvalue weighted by molar-refractivity contribution is -0.129. The van der Waals surface area contributed by atoms with Crippen LogP contribution in [0.25, 0.3) is 0 Å². The third-order valence-electron chi connectivity index (χ3n) is 4.28. The van der Waals surface area contributed by atoms with Gasteiger partial charge in [-0.1, -0.05) is 17.3 Å². The van der Waals surface area contributed by atoms with Gasteiger partial charge in [-0.25, -0.2) is 0 Å². The Balaban J connectivity index is 1.48. The summed E-state index contributed by atoms with van der Waals surface area (Å²) in [5.74, 6) is 1.18. The third kappa shape index (κ3) is 5.66. The average Bonchev–Trinajstić information content (AvgIpc) is 3.12. The summed E-state index contributed by atoms with van der Waals surface area (Å²) in [5.41, 5.74) is 0.0820. The molecular weight excluding hydrogens is 406 g/mol. The van der Waals surface area contributed by atoms with Crippen molar-refractivity contribution in [3.63, 3.8) is 0 Å². The van der Waals surface area contributed by atoms with Crippen molar-refractivity contribution >= 4 is 23.6 Å². The molecule has 1 saturated heterocycles. The average molecular weight is 426 g/mol. The molecule has 3 rings (SSSR count). The molecule has 156 valence electrons. The molecule has 0 atom stereocenters. The lowest BCUT2D eigenvalue weighted by Crippen LogP contribution is -2.51.